The molecular formula is C12H16BrNOS. The van der Waals surface area contributed by atoms with E-state index in [1.54, 1.807) is 0 Å². The summed E-state index contributed by atoms with van der Waals surface area (Å²) >= 11 is 4.93. The van der Waals surface area contributed by atoms with E-state index in [-0.39, 0.29) is 5.91 Å². The smallest absolute Gasteiger partial charge is 0.264 e. The Morgan fingerprint density at radius 2 is 2.25 bits per heavy atom. The molecule has 1 fully saturated rings. The van der Waals surface area contributed by atoms with E-state index >= 15 is 0 Å². The van der Waals surface area contributed by atoms with Gasteiger partial charge in [0.2, 0.25) is 0 Å². The Morgan fingerprint density at radius 3 is 2.94 bits per heavy atom. The molecule has 0 aliphatic carbocycles. The first kappa shape index (κ1) is 12.1. The Morgan fingerprint density at radius 1 is 1.44 bits per heavy atom. The Balaban J connectivity index is 2.13. The maximum absolute atomic E-state index is 12.3. The minimum absolute atomic E-state index is 0.199. The van der Waals surface area contributed by atoms with E-state index < -0.39 is 0 Å². The highest BCUT2D eigenvalue weighted by Crippen LogP contribution is 2.25. The first-order chi connectivity index (χ1) is 7.68. The molecule has 0 radical (unpaired) electrons. The number of nitrogens with zero attached hydrogens (tertiary/aromatic N) is 1. The minimum Gasteiger partial charge on any atom is -0.335 e. The van der Waals surface area contributed by atoms with Crippen LogP contribution in [-0.4, -0.2) is 23.4 Å². The van der Waals surface area contributed by atoms with Gasteiger partial charge in [-0.15, -0.1) is 11.3 Å². The van der Waals surface area contributed by atoms with Crippen LogP contribution in [0.15, 0.2) is 15.9 Å². The maximum atomic E-state index is 12.3. The second-order valence-electron chi connectivity index (χ2n) is 4.30. The molecule has 1 saturated heterocycles. The lowest BCUT2D eigenvalue weighted by atomic mass is 10.1. The second kappa shape index (κ2) is 5.32. The first-order valence-corrected chi connectivity index (χ1v) is 7.36. The van der Waals surface area contributed by atoms with Gasteiger partial charge >= 0.3 is 0 Å². The highest BCUT2D eigenvalue weighted by molar-refractivity contribution is 9.11. The predicted molar refractivity (Wildman–Crippen MR) is 71.0 cm³/mol. The number of hydrogen-bond acceptors (Lipinski definition) is 2. The summed E-state index contributed by atoms with van der Waals surface area (Å²) in [5, 5.41) is 0. The van der Waals surface area contributed by atoms with E-state index in [9.17, 15) is 4.79 Å². The van der Waals surface area contributed by atoms with E-state index in [0.29, 0.717) is 6.04 Å². The summed E-state index contributed by atoms with van der Waals surface area (Å²) in [6.07, 6.45) is 4.78. The number of halogens is 1. The van der Waals surface area contributed by atoms with Crippen LogP contribution in [-0.2, 0) is 0 Å². The minimum atomic E-state index is 0.199. The van der Waals surface area contributed by atoms with Crippen molar-refractivity contribution < 1.29 is 4.79 Å². The molecule has 2 heterocycles. The molecule has 1 aromatic rings. The van der Waals surface area contributed by atoms with Crippen LogP contribution in [0.4, 0.5) is 0 Å². The van der Waals surface area contributed by atoms with Gasteiger partial charge in [-0.05, 0) is 47.8 Å². The number of hydrogen-bond donors (Lipinski definition) is 0. The van der Waals surface area contributed by atoms with Gasteiger partial charge in [0.25, 0.3) is 5.91 Å². The molecule has 0 spiro atoms. The van der Waals surface area contributed by atoms with Crippen molar-refractivity contribution in [2.24, 2.45) is 0 Å². The summed E-state index contributed by atoms with van der Waals surface area (Å²) < 4.78 is 1.03. The van der Waals surface area contributed by atoms with Crippen LogP contribution < -0.4 is 0 Å². The molecule has 16 heavy (non-hydrogen) atoms. The van der Waals surface area contributed by atoms with Gasteiger partial charge in [-0.1, -0.05) is 12.8 Å². The summed E-state index contributed by atoms with van der Waals surface area (Å²) in [5.74, 6) is 0.199. The van der Waals surface area contributed by atoms with Crippen molar-refractivity contribution >= 4 is 33.2 Å². The van der Waals surface area contributed by atoms with E-state index in [0.717, 1.165) is 28.0 Å². The molecule has 88 valence electrons. The zero-order valence-electron chi connectivity index (χ0n) is 9.41. The van der Waals surface area contributed by atoms with E-state index in [4.69, 9.17) is 0 Å². The van der Waals surface area contributed by atoms with Crippen LogP contribution in [0, 0.1) is 0 Å². The molecule has 0 saturated carbocycles. The monoisotopic (exact) mass is 301 g/mol. The van der Waals surface area contributed by atoms with Crippen LogP contribution >= 0.6 is 27.3 Å². The van der Waals surface area contributed by atoms with Crippen molar-refractivity contribution in [1.82, 2.24) is 4.90 Å². The lowest BCUT2D eigenvalue weighted by Crippen LogP contribution is -2.37. The number of likely N-dealkylation sites (tertiary alicyclic amines) is 1. The SMILES string of the molecule is CC1CCCCCN1C(=O)c1ccc(Br)s1. The summed E-state index contributed by atoms with van der Waals surface area (Å²) in [7, 11) is 0. The average Bonchev–Trinajstić information content (AvgIpc) is 2.57. The molecule has 1 aromatic heterocycles. The van der Waals surface area contributed by atoms with Gasteiger partial charge in [-0.2, -0.15) is 0 Å². The first-order valence-electron chi connectivity index (χ1n) is 5.75. The van der Waals surface area contributed by atoms with Gasteiger partial charge in [0.1, 0.15) is 0 Å². The third-order valence-electron chi connectivity index (χ3n) is 3.10. The van der Waals surface area contributed by atoms with Crippen molar-refractivity contribution in [2.75, 3.05) is 6.54 Å². The molecule has 1 amide bonds. The molecule has 2 rings (SSSR count). The third-order valence-corrected chi connectivity index (χ3v) is 4.71. The fraction of sp³-hybridized carbons (Fsp3) is 0.583. The Hall–Kier alpha value is -0.350. The predicted octanol–water partition coefficient (Wildman–Crippen LogP) is 3.92. The maximum Gasteiger partial charge on any atom is 0.264 e. The van der Waals surface area contributed by atoms with Gasteiger partial charge < -0.3 is 4.90 Å². The highest BCUT2D eigenvalue weighted by Gasteiger charge is 2.23. The van der Waals surface area contributed by atoms with Crippen molar-refractivity contribution in [1.29, 1.82) is 0 Å². The zero-order valence-corrected chi connectivity index (χ0v) is 11.8. The van der Waals surface area contributed by atoms with Crippen molar-refractivity contribution in [2.45, 2.75) is 38.6 Å². The normalized spacial score (nSPS) is 21.9. The topological polar surface area (TPSA) is 20.3 Å². The average molecular weight is 302 g/mol. The van der Waals surface area contributed by atoms with E-state index in [1.807, 2.05) is 17.0 Å². The molecule has 0 bridgehead atoms. The Kier molecular flexibility index (Phi) is 4.03. The van der Waals surface area contributed by atoms with Gasteiger partial charge in [0.15, 0.2) is 0 Å². The highest BCUT2D eigenvalue weighted by atomic mass is 79.9. The fourth-order valence-corrected chi connectivity index (χ4v) is 3.49. The van der Waals surface area contributed by atoms with Crippen LogP contribution in [0.2, 0.25) is 0 Å². The van der Waals surface area contributed by atoms with Crippen LogP contribution in [0.3, 0.4) is 0 Å². The summed E-state index contributed by atoms with van der Waals surface area (Å²) in [4.78, 5) is 15.2. The van der Waals surface area contributed by atoms with Crippen molar-refractivity contribution in [3.05, 3.63) is 20.8 Å². The molecule has 1 aliphatic rings. The number of carbonyl (C=O) groups excluding carboxylic acids is 1. The number of carbonyl (C=O) groups is 1. The van der Waals surface area contributed by atoms with E-state index in [1.165, 1.54) is 24.2 Å². The molecule has 1 atom stereocenters. The number of thiophene rings is 1. The molecule has 4 heteroatoms. The summed E-state index contributed by atoms with van der Waals surface area (Å²) in [5.41, 5.74) is 0. The number of rotatable bonds is 1. The molecule has 2 nitrogen and oxygen atoms in total. The zero-order chi connectivity index (χ0) is 11.5. The van der Waals surface area contributed by atoms with Crippen molar-refractivity contribution in [3.63, 3.8) is 0 Å². The van der Waals surface area contributed by atoms with Gasteiger partial charge in [0.05, 0.1) is 8.66 Å². The quantitative estimate of drug-likeness (QED) is 0.770. The molecular weight excluding hydrogens is 286 g/mol. The Bertz CT molecular complexity index is 377. The summed E-state index contributed by atoms with van der Waals surface area (Å²) in [6, 6.07) is 4.24. The molecule has 1 aliphatic heterocycles. The van der Waals surface area contributed by atoms with Crippen LogP contribution in [0.25, 0.3) is 0 Å². The molecule has 0 N–H and O–H groups in total. The Labute approximate surface area is 109 Å². The summed E-state index contributed by atoms with van der Waals surface area (Å²) in [6.45, 7) is 3.07. The largest absolute Gasteiger partial charge is 0.335 e. The van der Waals surface area contributed by atoms with Crippen molar-refractivity contribution in [3.8, 4) is 0 Å². The molecule has 0 aromatic carbocycles. The van der Waals surface area contributed by atoms with Gasteiger partial charge in [-0.3, -0.25) is 4.79 Å². The third kappa shape index (κ3) is 2.66. The number of amides is 1. The molecule has 1 unspecified atom stereocenters. The standard InChI is InChI=1S/C12H16BrNOS/c1-9-5-3-2-4-8-14(9)12(15)10-6-7-11(13)16-10/h6-7,9H,2-5,8H2,1H3. The van der Waals surface area contributed by atoms with Crippen LogP contribution in [0.5, 0.6) is 0 Å². The lowest BCUT2D eigenvalue weighted by Gasteiger charge is -2.26. The van der Waals surface area contributed by atoms with E-state index in [2.05, 4.69) is 22.9 Å². The fourth-order valence-electron chi connectivity index (χ4n) is 2.15. The van der Waals surface area contributed by atoms with Crippen LogP contribution in [0.1, 0.15) is 42.3 Å². The van der Waals surface area contributed by atoms with Gasteiger partial charge in [0, 0.05) is 12.6 Å². The lowest BCUT2D eigenvalue weighted by molar-refractivity contribution is 0.0703. The second-order valence-corrected chi connectivity index (χ2v) is 6.76. The van der Waals surface area contributed by atoms with Gasteiger partial charge in [-0.25, -0.2) is 0 Å².